The van der Waals surface area contributed by atoms with Crippen LogP contribution in [0.1, 0.15) is 57.4 Å². The molecule has 1 aromatic rings. The number of aliphatic hydroxyl groups excluding tert-OH is 1. The van der Waals surface area contributed by atoms with E-state index in [1.165, 1.54) is 19.1 Å². The van der Waals surface area contributed by atoms with Gasteiger partial charge in [0.05, 0.1) is 64.2 Å². The van der Waals surface area contributed by atoms with E-state index < -0.39 is 53.9 Å². The fraction of sp³-hybridized carbons (Fsp3) is 0.676. The van der Waals surface area contributed by atoms with Crippen LogP contribution in [0.15, 0.2) is 24.3 Å². The van der Waals surface area contributed by atoms with Gasteiger partial charge < -0.3 is 56.0 Å². The van der Waals surface area contributed by atoms with E-state index in [2.05, 4.69) is 10.6 Å². The van der Waals surface area contributed by atoms with Gasteiger partial charge in [0.25, 0.3) is 0 Å². The summed E-state index contributed by atoms with van der Waals surface area (Å²) in [5.41, 5.74) is 12.0. The van der Waals surface area contributed by atoms with Crippen molar-refractivity contribution in [2.24, 2.45) is 23.3 Å². The van der Waals surface area contributed by atoms with E-state index in [1.54, 1.807) is 19.2 Å². The number of hydrogen-bond donors (Lipinski definition) is 6. The first-order chi connectivity index (χ1) is 25.9. The van der Waals surface area contributed by atoms with Gasteiger partial charge in [-0.25, -0.2) is 0 Å². The van der Waals surface area contributed by atoms with E-state index in [0.29, 0.717) is 58.7 Å². The highest BCUT2D eigenvalue weighted by molar-refractivity contribution is 5.94. The molecule has 0 saturated heterocycles. The fourth-order valence-electron chi connectivity index (χ4n) is 5.01. The molecule has 1 rings (SSSR count). The Balaban J connectivity index is 2.36. The minimum Gasteiger partial charge on any atom is -0.508 e. The second kappa shape index (κ2) is 29.5. The van der Waals surface area contributed by atoms with Gasteiger partial charge in [-0.15, -0.1) is 0 Å². The number of amides is 3. The first-order valence-corrected chi connectivity index (χ1v) is 18.3. The Bertz CT molecular complexity index is 1260. The molecule has 17 nitrogen and oxygen atoms in total. The molecule has 8 N–H and O–H groups in total. The van der Waals surface area contributed by atoms with Crippen molar-refractivity contribution < 1.29 is 62.7 Å². The molecule has 0 fully saturated rings. The van der Waals surface area contributed by atoms with Crippen LogP contribution in [-0.2, 0) is 58.9 Å². The predicted molar refractivity (Wildman–Crippen MR) is 196 cm³/mol. The third kappa shape index (κ3) is 23.1. The zero-order valence-electron chi connectivity index (χ0n) is 31.6. The second-order valence-electron chi connectivity index (χ2n) is 12.8. The smallest absolute Gasteiger partial charge is 0.245 e. The molecule has 0 aliphatic carbocycles. The van der Waals surface area contributed by atoms with Crippen LogP contribution in [0.3, 0.4) is 0 Å². The normalized spacial score (nSPS) is 13.4. The van der Waals surface area contributed by atoms with Gasteiger partial charge >= 0.3 is 0 Å². The van der Waals surface area contributed by atoms with Crippen LogP contribution in [0.5, 0.6) is 5.75 Å². The number of nitrogens with two attached hydrogens (primary N) is 2. The number of ether oxygens (including phenoxy) is 5. The van der Waals surface area contributed by atoms with Crippen LogP contribution in [0.4, 0.5) is 0 Å². The monoisotopic (exact) mass is 768 g/mol. The van der Waals surface area contributed by atoms with Crippen LogP contribution in [0.2, 0.25) is 0 Å². The number of ketones is 3. The fourth-order valence-corrected chi connectivity index (χ4v) is 5.01. The van der Waals surface area contributed by atoms with Crippen molar-refractivity contribution in [3.63, 3.8) is 0 Å². The lowest BCUT2D eigenvalue weighted by atomic mass is 9.86. The van der Waals surface area contributed by atoms with Crippen molar-refractivity contribution in [2.75, 3.05) is 79.7 Å². The number of carbonyl (C=O) groups excluding carboxylic acids is 6. The highest BCUT2D eigenvalue weighted by Gasteiger charge is 2.29. The minimum atomic E-state index is -1.09. The molecule has 0 radical (unpaired) electrons. The van der Waals surface area contributed by atoms with Crippen molar-refractivity contribution in [3.05, 3.63) is 29.8 Å². The van der Waals surface area contributed by atoms with Gasteiger partial charge in [-0.2, -0.15) is 0 Å². The van der Waals surface area contributed by atoms with Gasteiger partial charge in [-0.1, -0.05) is 18.6 Å². The van der Waals surface area contributed by atoms with E-state index in [0.717, 1.165) is 5.56 Å². The number of aliphatic hydroxyl groups is 1. The molecular weight excluding hydrogens is 708 g/mol. The number of aromatic hydroxyl groups is 1. The molecule has 54 heavy (non-hydrogen) atoms. The molecule has 3 amide bonds. The molecule has 0 aromatic heterocycles. The number of phenols is 1. The molecule has 0 aliphatic heterocycles. The van der Waals surface area contributed by atoms with E-state index in [1.807, 2.05) is 0 Å². The summed E-state index contributed by atoms with van der Waals surface area (Å²) >= 11 is 0. The molecule has 1 aromatic carbocycles. The number of unbranched alkanes of at least 4 members (excludes halogenated alkanes) is 1. The topological polar surface area (TPSA) is 265 Å². The van der Waals surface area contributed by atoms with Gasteiger partial charge in [-0.05, 0) is 50.3 Å². The number of carbonyl (C=O) groups is 6. The molecule has 4 atom stereocenters. The predicted octanol–water partition coefficient (Wildman–Crippen LogP) is -0.256. The summed E-state index contributed by atoms with van der Waals surface area (Å²) in [5, 5.41) is 24.2. The maximum atomic E-state index is 13.1. The largest absolute Gasteiger partial charge is 0.508 e. The lowest BCUT2D eigenvalue weighted by molar-refractivity contribution is -0.133. The van der Waals surface area contributed by atoms with Crippen molar-refractivity contribution >= 4 is 35.1 Å². The Kier molecular flexibility index (Phi) is 26.3. The third-order valence-corrected chi connectivity index (χ3v) is 8.26. The maximum absolute atomic E-state index is 13.1. The van der Waals surface area contributed by atoms with Gasteiger partial charge in [-0.3, -0.25) is 28.8 Å². The van der Waals surface area contributed by atoms with Crippen LogP contribution < -0.4 is 22.1 Å². The van der Waals surface area contributed by atoms with Crippen LogP contribution in [0.25, 0.3) is 0 Å². The van der Waals surface area contributed by atoms with Crippen LogP contribution in [0, 0.1) is 11.8 Å². The van der Waals surface area contributed by atoms with Crippen molar-refractivity contribution in [3.8, 4) is 5.75 Å². The molecular formula is C37H60N4O13. The molecule has 0 unspecified atom stereocenters. The molecule has 306 valence electrons. The standard InChI is InChI=1S/C37H60N4O13/c1-26(41-37(49)32(38)20-27-8-10-30(43)11-9-27)33(45)21-28(34(46)22-29(23-42)36(39)48)6-3-4-12-40-35(47)25-54-19-16-51-13-5-7-31(44)24-53-18-17-52-15-14-50-2/h8-11,26,28-29,32,42-43H,3-7,12-25,38H2,1-2H3,(H2,39,48)(H,40,47)(H,41,49)/t26-,28-,29-,32+/m1/s1. The quantitative estimate of drug-likeness (QED) is 0.0494. The van der Waals surface area contributed by atoms with Crippen molar-refractivity contribution in [2.45, 2.75) is 70.4 Å². The first-order valence-electron chi connectivity index (χ1n) is 18.3. The lowest BCUT2D eigenvalue weighted by Gasteiger charge is -2.21. The highest BCUT2D eigenvalue weighted by atomic mass is 16.5. The number of nitrogens with one attached hydrogen (secondary N) is 2. The number of benzene rings is 1. The second-order valence-corrected chi connectivity index (χ2v) is 12.8. The molecule has 0 saturated carbocycles. The number of phenolic OH excluding ortho intramolecular Hbond substituents is 1. The summed E-state index contributed by atoms with van der Waals surface area (Å²) in [5.74, 6) is -4.41. The van der Waals surface area contributed by atoms with Crippen molar-refractivity contribution in [1.29, 1.82) is 0 Å². The average Bonchev–Trinajstić information content (AvgIpc) is 3.14. The van der Waals surface area contributed by atoms with Gasteiger partial charge in [0, 0.05) is 45.4 Å². The number of hydrogen-bond acceptors (Lipinski definition) is 14. The molecule has 0 heterocycles. The van der Waals surface area contributed by atoms with E-state index in [9.17, 15) is 39.0 Å². The average molecular weight is 769 g/mol. The lowest BCUT2D eigenvalue weighted by Crippen LogP contribution is -2.48. The number of methoxy groups -OCH3 is 1. The summed E-state index contributed by atoms with van der Waals surface area (Å²) < 4.78 is 26.1. The Morgan fingerprint density at radius 2 is 1.39 bits per heavy atom. The summed E-state index contributed by atoms with van der Waals surface area (Å²) in [6, 6.07) is 4.31. The maximum Gasteiger partial charge on any atom is 0.245 e. The first kappa shape index (κ1) is 48.2. The summed E-state index contributed by atoms with van der Waals surface area (Å²) in [6.45, 7) is 3.52. The Hall–Kier alpha value is -3.84. The third-order valence-electron chi connectivity index (χ3n) is 8.26. The summed E-state index contributed by atoms with van der Waals surface area (Å²) in [6.07, 6.45) is 1.68. The number of primary amides is 1. The molecule has 0 spiro atoms. The molecule has 17 heteroatoms. The van der Waals surface area contributed by atoms with E-state index >= 15 is 0 Å². The van der Waals surface area contributed by atoms with Gasteiger partial charge in [0.1, 0.15) is 24.7 Å². The number of Topliss-reactive ketones (excluding diaryl/α,β-unsaturated/α-hetero) is 3. The highest BCUT2D eigenvalue weighted by Crippen LogP contribution is 2.20. The van der Waals surface area contributed by atoms with E-state index in [4.69, 9.17) is 35.2 Å². The zero-order chi connectivity index (χ0) is 40.1. The van der Waals surface area contributed by atoms with Gasteiger partial charge in [0.15, 0.2) is 11.6 Å². The van der Waals surface area contributed by atoms with Crippen LogP contribution in [-0.4, -0.2) is 137 Å². The molecule has 0 aliphatic rings. The van der Waals surface area contributed by atoms with Gasteiger partial charge in [0.2, 0.25) is 17.7 Å². The summed E-state index contributed by atoms with van der Waals surface area (Å²) in [4.78, 5) is 74.5. The SMILES string of the molecule is COCCOCCOCC(=O)CCCOCCOCC(=O)NCCCC[C@H](CC(=O)[C@@H](C)NC(=O)[C@@H](N)Cc1ccc(O)cc1)C(=O)C[C@H](CO)C(N)=O. The molecule has 0 bridgehead atoms. The Labute approximate surface area is 317 Å². The van der Waals surface area contributed by atoms with E-state index in [-0.39, 0.29) is 76.1 Å². The zero-order valence-corrected chi connectivity index (χ0v) is 31.6. The minimum absolute atomic E-state index is 0.0214. The number of rotatable bonds is 34. The Morgan fingerprint density at radius 1 is 0.778 bits per heavy atom. The van der Waals surface area contributed by atoms with Crippen molar-refractivity contribution in [1.82, 2.24) is 10.6 Å². The Morgan fingerprint density at radius 3 is 2.04 bits per heavy atom. The summed E-state index contributed by atoms with van der Waals surface area (Å²) in [7, 11) is 1.59. The van der Waals surface area contributed by atoms with Crippen LogP contribution >= 0.6 is 0 Å².